The highest BCUT2D eigenvalue weighted by Crippen LogP contribution is 2.61. The van der Waals surface area contributed by atoms with Crippen LogP contribution in [-0.4, -0.2) is 49.2 Å². The molecule has 1 saturated heterocycles. The number of thiol groups is 1. The Hall–Kier alpha value is -0.610. The summed E-state index contributed by atoms with van der Waals surface area (Å²) >= 11 is 1.69. The van der Waals surface area contributed by atoms with Crippen LogP contribution in [0.15, 0.2) is 0 Å². The lowest BCUT2D eigenvalue weighted by atomic mass is 9.48. The van der Waals surface area contributed by atoms with E-state index in [4.69, 9.17) is 4.74 Å². The predicted molar refractivity (Wildman–Crippen MR) is 97.1 cm³/mol. The Balaban J connectivity index is 0.000000364. The zero-order valence-electron chi connectivity index (χ0n) is 15.1. The van der Waals surface area contributed by atoms with Crippen molar-refractivity contribution in [1.29, 1.82) is 0 Å². The maximum absolute atomic E-state index is 12.1. The minimum Gasteiger partial charge on any atom is -0.433 e. The highest BCUT2D eigenvalue weighted by atomic mass is 32.2. The van der Waals surface area contributed by atoms with Crippen LogP contribution in [0.4, 0.5) is 13.6 Å². The largest absolute Gasteiger partial charge is 0.524 e. The molecule has 10 heteroatoms. The van der Waals surface area contributed by atoms with Gasteiger partial charge in [-0.3, -0.25) is 0 Å². The smallest absolute Gasteiger partial charge is 0.433 e. The number of hydrogen-bond acceptors (Lipinski definition) is 6. The molecule has 4 bridgehead atoms. The van der Waals surface area contributed by atoms with Crippen LogP contribution in [0.25, 0.3) is 0 Å². The summed E-state index contributed by atoms with van der Waals surface area (Å²) in [7, 11) is -5.24. The van der Waals surface area contributed by atoms with E-state index in [-0.39, 0.29) is 6.61 Å². The van der Waals surface area contributed by atoms with E-state index >= 15 is 0 Å². The number of halogens is 2. The lowest BCUT2D eigenvalue weighted by molar-refractivity contribution is -0.176. The number of carbonyl (C=O) groups is 1. The zero-order chi connectivity index (χ0) is 19.7. The van der Waals surface area contributed by atoms with Gasteiger partial charge in [-0.1, -0.05) is 0 Å². The fourth-order valence-electron chi connectivity index (χ4n) is 5.50. The van der Waals surface area contributed by atoms with Crippen LogP contribution < -0.4 is 0 Å². The van der Waals surface area contributed by atoms with Crippen molar-refractivity contribution >= 4 is 28.0 Å². The van der Waals surface area contributed by atoms with Crippen molar-refractivity contribution in [3.05, 3.63) is 0 Å². The molecular weight excluding hydrogens is 402 g/mol. The molecule has 4 aliphatic carbocycles. The van der Waals surface area contributed by atoms with Crippen molar-refractivity contribution in [2.75, 3.05) is 18.1 Å². The molecule has 156 valence electrons. The van der Waals surface area contributed by atoms with Crippen molar-refractivity contribution < 1.29 is 36.0 Å². The summed E-state index contributed by atoms with van der Waals surface area (Å²) in [5, 5.41) is 10.5. The molecule has 2 unspecified atom stereocenters. The van der Waals surface area contributed by atoms with Gasteiger partial charge in [0.25, 0.3) is 0 Å². The lowest BCUT2D eigenvalue weighted by Crippen LogP contribution is -2.57. The van der Waals surface area contributed by atoms with E-state index in [1.54, 1.807) is 11.8 Å². The minimum absolute atomic E-state index is 0.111. The molecule has 0 aromatic carbocycles. The Kier molecular flexibility index (Phi) is 6.27. The first-order valence-corrected chi connectivity index (χ1v) is 12.1. The molecule has 2 atom stereocenters. The van der Waals surface area contributed by atoms with Gasteiger partial charge in [-0.25, -0.2) is 4.79 Å². The van der Waals surface area contributed by atoms with Crippen molar-refractivity contribution in [2.24, 2.45) is 17.3 Å². The number of carbonyl (C=O) groups excluding carboxylic acids is 1. The van der Waals surface area contributed by atoms with E-state index in [9.17, 15) is 27.1 Å². The minimum atomic E-state index is -5.24. The highest BCUT2D eigenvalue weighted by Gasteiger charge is 2.57. The van der Waals surface area contributed by atoms with E-state index < -0.39 is 33.0 Å². The first-order valence-electron chi connectivity index (χ1n) is 9.35. The average molecular weight is 430 g/mol. The monoisotopic (exact) mass is 429 g/mol. The molecule has 0 aromatic rings. The predicted octanol–water partition coefficient (Wildman–Crippen LogP) is 2.62. The average Bonchev–Trinajstić information content (AvgIpc) is 3.10. The molecule has 6 nitrogen and oxygen atoms in total. The fraction of sp³-hybridized carbons (Fsp3) is 0.941. The van der Waals surface area contributed by atoms with Crippen molar-refractivity contribution in [1.82, 2.24) is 0 Å². The van der Waals surface area contributed by atoms with Crippen molar-refractivity contribution in [2.45, 2.75) is 62.7 Å². The number of hydrogen-bond donors (Lipinski definition) is 1. The summed E-state index contributed by atoms with van der Waals surface area (Å²) in [5.41, 5.74) is -1.14. The van der Waals surface area contributed by atoms with Gasteiger partial charge < -0.3 is 14.0 Å². The Morgan fingerprint density at radius 2 is 1.74 bits per heavy atom. The Morgan fingerprint density at radius 1 is 1.15 bits per heavy atom. The molecule has 5 aliphatic rings. The molecule has 0 spiro atoms. The lowest BCUT2D eigenvalue weighted by Gasteiger charge is -2.59. The van der Waals surface area contributed by atoms with Gasteiger partial charge in [-0.15, -0.1) is 0 Å². The van der Waals surface area contributed by atoms with Crippen LogP contribution in [0.1, 0.15) is 51.4 Å². The first kappa shape index (κ1) is 21.1. The van der Waals surface area contributed by atoms with Crippen LogP contribution in [0.5, 0.6) is 0 Å². The molecule has 5 fully saturated rings. The van der Waals surface area contributed by atoms with Crippen LogP contribution in [0.3, 0.4) is 0 Å². The van der Waals surface area contributed by atoms with E-state index in [1.165, 1.54) is 24.3 Å². The second kappa shape index (κ2) is 8.02. The summed E-state index contributed by atoms with van der Waals surface area (Å²) in [6.45, 7) is -0.111. The second-order valence-corrected chi connectivity index (χ2v) is 11.3. The van der Waals surface area contributed by atoms with Gasteiger partial charge in [-0.05, 0) is 75.0 Å². The Morgan fingerprint density at radius 3 is 2.19 bits per heavy atom. The van der Waals surface area contributed by atoms with Crippen LogP contribution in [-0.2, 0) is 30.8 Å². The number of rotatable bonds is 4. The maximum atomic E-state index is 12.1. The van der Waals surface area contributed by atoms with Crippen molar-refractivity contribution in [3.63, 3.8) is 0 Å². The number of alkyl halides is 2. The van der Waals surface area contributed by atoms with Gasteiger partial charge in [0.2, 0.25) is 0 Å². The third-order valence-electron chi connectivity index (χ3n) is 5.93. The third kappa shape index (κ3) is 5.26. The molecule has 0 aromatic heterocycles. The second-order valence-electron chi connectivity index (χ2n) is 8.44. The zero-order valence-corrected chi connectivity index (χ0v) is 16.8. The van der Waals surface area contributed by atoms with Crippen LogP contribution in [0.2, 0.25) is 0 Å². The van der Waals surface area contributed by atoms with E-state index in [2.05, 4.69) is 4.18 Å². The molecule has 0 amide bonds. The maximum Gasteiger partial charge on any atom is 0.524 e. The van der Waals surface area contributed by atoms with Gasteiger partial charge in [0.15, 0.2) is 0 Å². The SMILES string of the molecule is C1CC[SH+]C1.O=C(OCC12CC3CC(CC(O)(C3)C1)C2)OS(=O)(=O)C(F)F. The molecule has 5 rings (SSSR count). The molecule has 1 N–H and O–H groups in total. The van der Waals surface area contributed by atoms with Gasteiger partial charge in [0, 0.05) is 5.41 Å². The van der Waals surface area contributed by atoms with E-state index in [0.717, 1.165) is 32.1 Å². The summed E-state index contributed by atoms with van der Waals surface area (Å²) in [6.07, 6.45) is 5.95. The standard InChI is InChI=1S/C13H18F2O6S.C4H8S/c14-10(15)22(18,19)21-11(16)20-7-12-2-8-1-9(3-12)5-13(17,4-8)6-12;1-2-4-5-3-1/h8-10,17H,1-7H2;1-4H2/p+1. The topological polar surface area (TPSA) is 89.9 Å². The highest BCUT2D eigenvalue weighted by molar-refractivity contribution is 7.87. The molecule has 27 heavy (non-hydrogen) atoms. The summed E-state index contributed by atoms with van der Waals surface area (Å²) in [5.74, 6) is -0.105. The first-order chi connectivity index (χ1) is 12.6. The molecule has 1 aliphatic heterocycles. The fourth-order valence-corrected chi connectivity index (χ4v) is 6.93. The number of ether oxygens (including phenoxy) is 1. The van der Waals surface area contributed by atoms with E-state index in [1.807, 2.05) is 0 Å². The van der Waals surface area contributed by atoms with Gasteiger partial charge in [-0.2, -0.15) is 17.2 Å². The quantitative estimate of drug-likeness (QED) is 0.320. The molecular formula is C17H27F2O6S2+. The third-order valence-corrected chi connectivity index (χ3v) is 8.00. The van der Waals surface area contributed by atoms with Gasteiger partial charge in [0.1, 0.15) is 18.1 Å². The summed E-state index contributed by atoms with van der Waals surface area (Å²) in [4.78, 5) is 11.3. The van der Waals surface area contributed by atoms with Gasteiger partial charge in [0.05, 0.1) is 5.60 Å². The normalized spacial score (nSPS) is 37.0. The summed E-state index contributed by atoms with van der Waals surface area (Å²) < 4.78 is 54.3. The van der Waals surface area contributed by atoms with E-state index in [0.29, 0.717) is 18.3 Å². The molecule has 0 radical (unpaired) electrons. The van der Waals surface area contributed by atoms with Gasteiger partial charge >= 0.3 is 22.0 Å². The van der Waals surface area contributed by atoms with Crippen molar-refractivity contribution in [3.8, 4) is 0 Å². The summed E-state index contributed by atoms with van der Waals surface area (Å²) in [6, 6.07) is 0. The molecule has 4 saturated carbocycles. The van der Waals surface area contributed by atoms with Crippen LogP contribution in [0, 0.1) is 17.3 Å². The number of aliphatic hydroxyl groups is 1. The molecule has 1 heterocycles. The Bertz CT molecular complexity index is 628. The van der Waals surface area contributed by atoms with Crippen LogP contribution >= 0.6 is 0 Å². The Labute approximate surface area is 162 Å².